The van der Waals surface area contributed by atoms with Gasteiger partial charge in [0, 0.05) is 29.7 Å². The minimum absolute atomic E-state index is 0.0437. The Labute approximate surface area is 154 Å². The van der Waals surface area contributed by atoms with E-state index in [1.165, 1.54) is 21.7 Å². The summed E-state index contributed by atoms with van der Waals surface area (Å²) in [6.07, 6.45) is 2.32. The minimum atomic E-state index is -3.91. The number of carbonyl (C=O) groups excluding carboxylic acids is 1. The molecule has 0 saturated carbocycles. The molecule has 1 aromatic carbocycles. The van der Waals surface area contributed by atoms with Crippen LogP contribution in [0.1, 0.15) is 22.2 Å². The van der Waals surface area contributed by atoms with Gasteiger partial charge in [0.2, 0.25) is 10.0 Å². The second kappa shape index (κ2) is 7.39. The van der Waals surface area contributed by atoms with Gasteiger partial charge in [-0.3, -0.25) is 4.79 Å². The van der Waals surface area contributed by atoms with Crippen molar-refractivity contribution in [1.82, 2.24) is 9.29 Å². The van der Waals surface area contributed by atoms with Crippen molar-refractivity contribution in [2.45, 2.75) is 18.2 Å². The molecule has 1 aromatic heterocycles. The molecule has 0 unspecified atom stereocenters. The molecule has 10 heteroatoms. The zero-order chi connectivity index (χ0) is 18.9. The van der Waals surface area contributed by atoms with E-state index in [0.717, 1.165) is 10.9 Å². The summed E-state index contributed by atoms with van der Waals surface area (Å²) in [5.41, 5.74) is 4.75. The normalized spacial score (nSPS) is 15.9. The maximum absolute atomic E-state index is 14.8. The van der Waals surface area contributed by atoms with Crippen molar-refractivity contribution < 1.29 is 22.3 Å². The number of primary amides is 1. The van der Waals surface area contributed by atoms with Crippen LogP contribution in [0.15, 0.2) is 23.2 Å². The van der Waals surface area contributed by atoms with Crippen LogP contribution in [0, 0.1) is 5.82 Å². The Bertz CT molecular complexity index is 937. The highest BCUT2D eigenvalue weighted by Gasteiger charge is 2.29. The summed E-state index contributed by atoms with van der Waals surface area (Å²) in [4.78, 5) is 16.5. The van der Waals surface area contributed by atoms with Gasteiger partial charge in [0.1, 0.15) is 10.8 Å². The summed E-state index contributed by atoms with van der Waals surface area (Å²) in [6.45, 7) is 2.88. The highest BCUT2D eigenvalue weighted by molar-refractivity contribution is 7.89. The van der Waals surface area contributed by atoms with Crippen molar-refractivity contribution in [3.05, 3.63) is 34.6 Å². The van der Waals surface area contributed by atoms with E-state index >= 15 is 0 Å². The number of morpholine rings is 1. The zero-order valence-corrected chi connectivity index (χ0v) is 15.7. The first-order chi connectivity index (χ1) is 12.3. The van der Waals surface area contributed by atoms with Gasteiger partial charge < -0.3 is 10.5 Å². The average Bonchev–Trinajstić information content (AvgIpc) is 3.11. The summed E-state index contributed by atoms with van der Waals surface area (Å²) in [7, 11) is -3.91. The van der Waals surface area contributed by atoms with Gasteiger partial charge in [0.05, 0.1) is 23.7 Å². The molecular weight excluding hydrogens is 381 g/mol. The Kier molecular flexibility index (Phi) is 5.37. The molecular formula is C16H18FN3O4S2. The summed E-state index contributed by atoms with van der Waals surface area (Å²) >= 11 is 1.24. The van der Waals surface area contributed by atoms with Gasteiger partial charge in [-0.1, -0.05) is 6.92 Å². The van der Waals surface area contributed by atoms with Crippen molar-refractivity contribution >= 4 is 27.3 Å². The van der Waals surface area contributed by atoms with E-state index in [2.05, 4.69) is 4.98 Å². The number of carbonyl (C=O) groups is 1. The number of nitrogens with two attached hydrogens (primary N) is 1. The minimum Gasteiger partial charge on any atom is -0.379 e. The predicted octanol–water partition coefficient (Wildman–Crippen LogP) is 1.63. The van der Waals surface area contributed by atoms with Crippen LogP contribution in [-0.4, -0.2) is 49.9 Å². The molecule has 3 rings (SSSR count). The highest BCUT2D eigenvalue weighted by atomic mass is 32.2. The Morgan fingerprint density at radius 1 is 1.38 bits per heavy atom. The third-order valence-corrected chi connectivity index (χ3v) is 7.10. The van der Waals surface area contributed by atoms with Crippen LogP contribution in [0.4, 0.5) is 4.39 Å². The predicted molar refractivity (Wildman–Crippen MR) is 95.0 cm³/mol. The quantitative estimate of drug-likeness (QED) is 0.823. The van der Waals surface area contributed by atoms with Crippen molar-refractivity contribution in [1.29, 1.82) is 0 Å². The molecule has 2 aromatic rings. The smallest absolute Gasteiger partial charge is 0.251 e. The van der Waals surface area contributed by atoms with Crippen molar-refractivity contribution in [2.24, 2.45) is 5.73 Å². The van der Waals surface area contributed by atoms with Crippen molar-refractivity contribution in [3.63, 3.8) is 0 Å². The third kappa shape index (κ3) is 3.50. The first kappa shape index (κ1) is 18.9. The largest absolute Gasteiger partial charge is 0.379 e. The number of amides is 1. The van der Waals surface area contributed by atoms with Gasteiger partial charge in [-0.2, -0.15) is 4.31 Å². The summed E-state index contributed by atoms with van der Waals surface area (Å²) in [5, 5.41) is 0.306. The number of ether oxygens (including phenoxy) is 1. The molecule has 1 amide bonds. The fourth-order valence-electron chi connectivity index (χ4n) is 2.61. The molecule has 2 N–H and O–H groups in total. The van der Waals surface area contributed by atoms with E-state index in [1.807, 2.05) is 6.92 Å². The fraction of sp³-hybridized carbons (Fsp3) is 0.375. The lowest BCUT2D eigenvalue weighted by Gasteiger charge is -2.26. The second-order valence-electron chi connectivity index (χ2n) is 5.70. The first-order valence-electron chi connectivity index (χ1n) is 8.01. The molecule has 140 valence electrons. The molecule has 1 aliphatic rings. The molecule has 1 fully saturated rings. The SMILES string of the molecule is CCc1cnc(-c2cc(S(=O)(=O)N3CCOCC3)cc(C(N)=O)c2F)s1. The van der Waals surface area contributed by atoms with Crippen LogP contribution in [0.3, 0.4) is 0 Å². The standard InChI is InChI=1S/C16H18FN3O4S2/c1-2-10-9-19-16(25-10)13-8-11(7-12(14(13)17)15(18)21)26(22,23)20-3-5-24-6-4-20/h7-9H,2-6H2,1H3,(H2,18,21). The Morgan fingerprint density at radius 3 is 2.65 bits per heavy atom. The van der Waals surface area contributed by atoms with E-state index in [0.29, 0.717) is 11.4 Å². The van der Waals surface area contributed by atoms with E-state index in [4.69, 9.17) is 10.5 Å². The van der Waals surface area contributed by atoms with Gasteiger partial charge in [-0.25, -0.2) is 17.8 Å². The number of sulfonamides is 1. The lowest BCUT2D eigenvalue weighted by atomic mass is 10.1. The number of benzene rings is 1. The van der Waals surface area contributed by atoms with Gasteiger partial charge in [-0.05, 0) is 18.6 Å². The number of halogens is 1. The van der Waals surface area contributed by atoms with Gasteiger partial charge in [-0.15, -0.1) is 11.3 Å². The van der Waals surface area contributed by atoms with E-state index in [1.54, 1.807) is 6.20 Å². The Morgan fingerprint density at radius 2 is 2.08 bits per heavy atom. The zero-order valence-electron chi connectivity index (χ0n) is 14.1. The van der Waals surface area contributed by atoms with Crippen LogP contribution in [-0.2, 0) is 21.2 Å². The van der Waals surface area contributed by atoms with Crippen LogP contribution < -0.4 is 5.73 Å². The van der Waals surface area contributed by atoms with Crippen LogP contribution >= 0.6 is 11.3 Å². The molecule has 0 aliphatic carbocycles. The molecule has 0 spiro atoms. The number of aryl methyl sites for hydroxylation is 1. The molecule has 1 aliphatic heterocycles. The van der Waals surface area contributed by atoms with Crippen LogP contribution in [0.25, 0.3) is 10.6 Å². The number of aromatic nitrogens is 1. The number of thiazole rings is 1. The van der Waals surface area contributed by atoms with Crippen LogP contribution in [0.2, 0.25) is 0 Å². The molecule has 2 heterocycles. The number of nitrogens with zero attached hydrogens (tertiary/aromatic N) is 2. The lowest BCUT2D eigenvalue weighted by Crippen LogP contribution is -2.40. The average molecular weight is 399 g/mol. The van der Waals surface area contributed by atoms with E-state index in [9.17, 15) is 17.6 Å². The van der Waals surface area contributed by atoms with Gasteiger partial charge in [0.25, 0.3) is 5.91 Å². The number of hydrogen-bond donors (Lipinski definition) is 1. The van der Waals surface area contributed by atoms with Crippen molar-refractivity contribution in [2.75, 3.05) is 26.3 Å². The molecule has 7 nitrogen and oxygen atoms in total. The first-order valence-corrected chi connectivity index (χ1v) is 10.3. The highest BCUT2D eigenvalue weighted by Crippen LogP contribution is 2.32. The van der Waals surface area contributed by atoms with Crippen molar-refractivity contribution in [3.8, 4) is 10.6 Å². The Hall–Kier alpha value is -1.88. The maximum atomic E-state index is 14.8. The monoisotopic (exact) mass is 399 g/mol. The van der Waals surface area contributed by atoms with E-state index < -0.39 is 27.3 Å². The van der Waals surface area contributed by atoms with E-state index in [-0.39, 0.29) is 36.8 Å². The summed E-state index contributed by atoms with van der Waals surface area (Å²) in [6, 6.07) is 2.20. The number of hydrogen-bond acceptors (Lipinski definition) is 6. The topological polar surface area (TPSA) is 103 Å². The third-order valence-electron chi connectivity index (χ3n) is 4.05. The molecule has 0 radical (unpaired) electrons. The second-order valence-corrected chi connectivity index (χ2v) is 8.75. The van der Waals surface area contributed by atoms with Gasteiger partial charge in [0.15, 0.2) is 0 Å². The van der Waals surface area contributed by atoms with Crippen LogP contribution in [0.5, 0.6) is 0 Å². The maximum Gasteiger partial charge on any atom is 0.251 e. The summed E-state index contributed by atoms with van der Waals surface area (Å²) < 4.78 is 47.0. The lowest BCUT2D eigenvalue weighted by molar-refractivity contribution is 0.0730. The Balaban J connectivity index is 2.15. The van der Waals surface area contributed by atoms with Gasteiger partial charge >= 0.3 is 0 Å². The molecule has 0 bridgehead atoms. The number of rotatable bonds is 5. The molecule has 0 atom stereocenters. The fourth-order valence-corrected chi connectivity index (χ4v) is 4.94. The molecule has 1 saturated heterocycles. The molecule has 26 heavy (non-hydrogen) atoms. The summed E-state index contributed by atoms with van der Waals surface area (Å²) in [5.74, 6) is -1.90.